The number of nitrogens with zero attached hydrogens (tertiary/aromatic N) is 1. The Labute approximate surface area is 321 Å². The lowest BCUT2D eigenvalue weighted by atomic mass is 9.85. The van der Waals surface area contributed by atoms with Gasteiger partial charge in [-0.15, -0.1) is 0 Å². The lowest BCUT2D eigenvalue weighted by Crippen LogP contribution is -1.93. The van der Waals surface area contributed by atoms with Crippen LogP contribution in [0.2, 0.25) is 0 Å². The van der Waals surface area contributed by atoms with Crippen molar-refractivity contribution >= 4 is 97.6 Å². The Kier molecular flexibility index (Phi) is 5.92. The van der Waals surface area contributed by atoms with Crippen LogP contribution < -0.4 is 0 Å². The minimum absolute atomic E-state index is 0.909. The molecule has 258 valence electrons. The number of hydrogen-bond donors (Lipinski definition) is 0. The first-order valence-corrected chi connectivity index (χ1v) is 19.3. The van der Waals surface area contributed by atoms with Gasteiger partial charge in [0, 0.05) is 38.0 Å². The van der Waals surface area contributed by atoms with E-state index in [0.29, 0.717) is 0 Å². The molecule has 0 N–H and O–H groups in total. The highest BCUT2D eigenvalue weighted by Crippen LogP contribution is 2.48. The van der Waals surface area contributed by atoms with Crippen molar-refractivity contribution in [3.63, 3.8) is 0 Å². The lowest BCUT2D eigenvalue weighted by Gasteiger charge is -2.18. The molecule has 0 amide bonds. The van der Waals surface area contributed by atoms with E-state index in [-0.39, 0.29) is 0 Å². The molecule has 0 radical (unpaired) electrons. The first-order valence-electron chi connectivity index (χ1n) is 19.3. The van der Waals surface area contributed by atoms with Gasteiger partial charge in [0.25, 0.3) is 0 Å². The van der Waals surface area contributed by atoms with Crippen LogP contribution in [0.4, 0.5) is 0 Å². The molecular formula is C54H31NO. The summed E-state index contributed by atoms with van der Waals surface area (Å²) >= 11 is 0. The fourth-order valence-electron chi connectivity index (χ4n) is 10.00. The summed E-state index contributed by atoms with van der Waals surface area (Å²) in [6.07, 6.45) is 0. The van der Waals surface area contributed by atoms with Gasteiger partial charge in [0.1, 0.15) is 11.2 Å². The molecular weight excluding hydrogens is 679 g/mol. The van der Waals surface area contributed by atoms with Gasteiger partial charge in [-0.25, -0.2) is 0 Å². The van der Waals surface area contributed by atoms with Crippen LogP contribution in [-0.2, 0) is 0 Å². The molecule has 2 heteroatoms. The van der Waals surface area contributed by atoms with Crippen molar-refractivity contribution in [3.8, 4) is 27.9 Å². The van der Waals surface area contributed by atoms with E-state index in [1.54, 1.807) is 0 Å². The summed E-state index contributed by atoms with van der Waals surface area (Å²) in [6.45, 7) is 0. The molecule has 0 aliphatic rings. The SMILES string of the molecule is c1ccc(-n2c3ccccc3c3cc(-c4c5ccccc5c(-c5ccc6c(c5)oc5c7cccc8ccc9cccc(c65)c9c87)c5ccccc45)ccc32)cc1. The van der Waals surface area contributed by atoms with Gasteiger partial charge in [-0.05, 0) is 108 Å². The molecule has 0 fully saturated rings. The predicted octanol–water partition coefficient (Wildman–Crippen LogP) is 15.2. The molecule has 2 heterocycles. The number of furan rings is 1. The average Bonchev–Trinajstić information content (AvgIpc) is 3.81. The molecule has 56 heavy (non-hydrogen) atoms. The number of fused-ring (bicyclic) bond motifs is 10. The number of para-hydroxylation sites is 2. The summed E-state index contributed by atoms with van der Waals surface area (Å²) < 4.78 is 9.34. The summed E-state index contributed by atoms with van der Waals surface area (Å²) in [5.41, 5.74) is 10.3. The van der Waals surface area contributed by atoms with Crippen molar-refractivity contribution < 1.29 is 4.42 Å². The molecule has 2 aromatic heterocycles. The highest BCUT2D eigenvalue weighted by molar-refractivity contribution is 6.36. The molecule has 11 aromatic carbocycles. The molecule has 0 saturated carbocycles. The van der Waals surface area contributed by atoms with E-state index in [0.717, 1.165) is 22.1 Å². The average molecular weight is 710 g/mol. The van der Waals surface area contributed by atoms with Gasteiger partial charge in [-0.1, -0.05) is 146 Å². The number of benzene rings is 11. The summed E-state index contributed by atoms with van der Waals surface area (Å²) in [4.78, 5) is 0. The quantitative estimate of drug-likeness (QED) is 0.132. The van der Waals surface area contributed by atoms with E-state index in [1.807, 2.05) is 0 Å². The Hall–Kier alpha value is -7.42. The Bertz CT molecular complexity index is 3700. The second-order valence-electron chi connectivity index (χ2n) is 15.2. The van der Waals surface area contributed by atoms with Crippen LogP contribution in [0, 0.1) is 0 Å². The highest BCUT2D eigenvalue weighted by atomic mass is 16.3. The zero-order valence-corrected chi connectivity index (χ0v) is 30.3. The van der Waals surface area contributed by atoms with E-state index in [2.05, 4.69) is 193 Å². The van der Waals surface area contributed by atoms with Gasteiger partial charge in [0.05, 0.1) is 11.0 Å². The molecule has 0 unspecified atom stereocenters. The molecule has 0 bridgehead atoms. The molecule has 0 atom stereocenters. The Morgan fingerprint density at radius 3 is 1.55 bits per heavy atom. The number of aromatic nitrogens is 1. The molecule has 0 saturated heterocycles. The summed E-state index contributed by atoms with van der Waals surface area (Å²) in [7, 11) is 0. The van der Waals surface area contributed by atoms with Crippen LogP contribution in [0.1, 0.15) is 0 Å². The minimum Gasteiger partial charge on any atom is -0.455 e. The van der Waals surface area contributed by atoms with Crippen molar-refractivity contribution in [2.45, 2.75) is 0 Å². The third-order valence-electron chi connectivity index (χ3n) is 12.3. The van der Waals surface area contributed by atoms with Gasteiger partial charge < -0.3 is 8.98 Å². The van der Waals surface area contributed by atoms with Crippen LogP contribution >= 0.6 is 0 Å². The topological polar surface area (TPSA) is 18.1 Å². The maximum atomic E-state index is 6.96. The molecule has 2 nitrogen and oxygen atoms in total. The zero-order valence-electron chi connectivity index (χ0n) is 30.3. The first-order chi connectivity index (χ1) is 27.8. The molecule has 13 aromatic rings. The van der Waals surface area contributed by atoms with Crippen molar-refractivity contribution in [2.75, 3.05) is 0 Å². The van der Waals surface area contributed by atoms with Crippen molar-refractivity contribution in [1.82, 2.24) is 4.57 Å². The maximum absolute atomic E-state index is 6.96. The molecule has 0 aliphatic heterocycles. The Morgan fingerprint density at radius 2 is 0.857 bits per heavy atom. The number of rotatable bonds is 3. The monoisotopic (exact) mass is 709 g/mol. The third kappa shape index (κ3) is 3.95. The third-order valence-corrected chi connectivity index (χ3v) is 12.3. The van der Waals surface area contributed by atoms with E-state index < -0.39 is 0 Å². The normalized spacial score (nSPS) is 12.3. The summed E-state index contributed by atoms with van der Waals surface area (Å²) in [5, 5.41) is 17.3. The summed E-state index contributed by atoms with van der Waals surface area (Å²) in [5.74, 6) is 0. The van der Waals surface area contributed by atoms with Crippen LogP contribution in [0.25, 0.3) is 126 Å². The van der Waals surface area contributed by atoms with E-state index in [1.165, 1.54) is 103 Å². The van der Waals surface area contributed by atoms with Crippen molar-refractivity contribution in [2.24, 2.45) is 0 Å². The fraction of sp³-hybridized carbons (Fsp3) is 0. The molecule has 13 rings (SSSR count). The lowest BCUT2D eigenvalue weighted by molar-refractivity contribution is 0.673. The number of hydrogen-bond acceptors (Lipinski definition) is 1. The van der Waals surface area contributed by atoms with Gasteiger partial charge in [-0.3, -0.25) is 0 Å². The van der Waals surface area contributed by atoms with Crippen LogP contribution in [-0.4, -0.2) is 4.57 Å². The Morgan fingerprint density at radius 1 is 0.321 bits per heavy atom. The molecule has 0 aliphatic carbocycles. The second kappa shape index (κ2) is 11.1. The minimum atomic E-state index is 0.909. The second-order valence-corrected chi connectivity index (χ2v) is 15.2. The van der Waals surface area contributed by atoms with Crippen LogP contribution in [0.3, 0.4) is 0 Å². The predicted molar refractivity (Wildman–Crippen MR) is 238 cm³/mol. The zero-order chi connectivity index (χ0) is 36.5. The Balaban J connectivity index is 1.07. The van der Waals surface area contributed by atoms with Crippen molar-refractivity contribution in [3.05, 3.63) is 188 Å². The van der Waals surface area contributed by atoms with Gasteiger partial charge in [0.2, 0.25) is 0 Å². The van der Waals surface area contributed by atoms with E-state index in [4.69, 9.17) is 4.42 Å². The van der Waals surface area contributed by atoms with E-state index >= 15 is 0 Å². The highest BCUT2D eigenvalue weighted by Gasteiger charge is 2.22. The largest absolute Gasteiger partial charge is 0.455 e. The van der Waals surface area contributed by atoms with Gasteiger partial charge in [-0.2, -0.15) is 0 Å². The summed E-state index contributed by atoms with van der Waals surface area (Å²) in [6, 6.07) is 68.9. The fourth-order valence-corrected chi connectivity index (χ4v) is 10.00. The van der Waals surface area contributed by atoms with Crippen LogP contribution in [0.5, 0.6) is 0 Å². The molecule has 0 spiro atoms. The van der Waals surface area contributed by atoms with E-state index in [9.17, 15) is 0 Å². The standard InChI is InChI=1S/C54H31NO/c1-2-14-36(15-3-1)55-46-23-9-8-16-37(46)45-30-34(27-29-47(45)55)49-38-17-4-6-19-40(38)50(41-20-7-5-18-39(41)49)35-26-28-42-48(31-35)56-54-44-22-11-13-33-25-24-32-12-10-21-43(53(42)54)51(32)52(33)44/h1-31H. The smallest absolute Gasteiger partial charge is 0.143 e. The first kappa shape index (κ1) is 30.0. The van der Waals surface area contributed by atoms with Gasteiger partial charge >= 0.3 is 0 Å². The van der Waals surface area contributed by atoms with Crippen LogP contribution in [0.15, 0.2) is 192 Å². The van der Waals surface area contributed by atoms with Gasteiger partial charge in [0.15, 0.2) is 0 Å². The maximum Gasteiger partial charge on any atom is 0.143 e. The van der Waals surface area contributed by atoms with Crippen molar-refractivity contribution in [1.29, 1.82) is 0 Å².